The molecule has 0 saturated heterocycles. The normalized spacial score (nSPS) is 9.90. The van der Waals surface area contributed by atoms with E-state index < -0.39 is 0 Å². The van der Waals surface area contributed by atoms with Crippen LogP contribution in [0.3, 0.4) is 0 Å². The average molecular weight is 283 g/mol. The molecule has 0 aliphatic carbocycles. The van der Waals surface area contributed by atoms with Crippen LogP contribution in [0.15, 0.2) is 42.5 Å². The third-order valence-electron chi connectivity index (χ3n) is 2.87. The van der Waals surface area contributed by atoms with Crippen molar-refractivity contribution in [3.8, 4) is 29.1 Å². The van der Waals surface area contributed by atoms with Crippen LogP contribution in [-0.4, -0.2) is 11.7 Å². The molecule has 0 aliphatic rings. The zero-order chi connectivity index (χ0) is 15.1. The Morgan fingerprint density at radius 1 is 1.14 bits per heavy atom. The molecular weight excluding hydrogens is 266 g/mol. The Kier molecular flexibility index (Phi) is 5.05. The van der Waals surface area contributed by atoms with E-state index in [2.05, 4.69) is 13.0 Å². The van der Waals surface area contributed by atoms with Crippen LogP contribution in [0.2, 0.25) is 0 Å². The van der Waals surface area contributed by atoms with Crippen LogP contribution in [0.4, 0.5) is 0 Å². The average Bonchev–Trinajstić information content (AvgIpc) is 2.49. The highest BCUT2D eigenvalue weighted by Crippen LogP contribution is 2.33. The van der Waals surface area contributed by atoms with Gasteiger partial charge in [0.1, 0.15) is 11.5 Å². The number of hydrogen-bond donors (Lipinski definition) is 1. The number of nitrogens with zero attached hydrogens (tertiary/aromatic N) is 1. The Balaban J connectivity index is 2.22. The van der Waals surface area contributed by atoms with Crippen molar-refractivity contribution in [3.05, 3.63) is 48.0 Å². The predicted octanol–water partition coefficient (Wildman–Crippen LogP) is 4.24. The van der Waals surface area contributed by atoms with Crippen LogP contribution in [0.25, 0.3) is 0 Å². The number of phenols is 1. The highest BCUT2D eigenvalue weighted by molar-refractivity contribution is 5.49. The van der Waals surface area contributed by atoms with Gasteiger partial charge in [-0.3, -0.25) is 0 Å². The molecular formula is C17H17NO3. The van der Waals surface area contributed by atoms with E-state index in [0.717, 1.165) is 12.8 Å². The fourth-order valence-electron chi connectivity index (χ4n) is 1.78. The number of benzene rings is 2. The number of phenolic OH excluding ortho intramolecular Hbond substituents is 1. The lowest BCUT2D eigenvalue weighted by atomic mass is 10.2. The maximum Gasteiger partial charge on any atom is 0.169 e. The molecule has 0 amide bonds. The first-order valence-electron chi connectivity index (χ1n) is 6.86. The summed E-state index contributed by atoms with van der Waals surface area (Å²) < 4.78 is 11.4. The van der Waals surface area contributed by atoms with Crippen LogP contribution in [-0.2, 0) is 0 Å². The van der Waals surface area contributed by atoms with Gasteiger partial charge in [-0.2, -0.15) is 5.26 Å². The summed E-state index contributed by atoms with van der Waals surface area (Å²) in [7, 11) is 0. The molecule has 0 unspecified atom stereocenters. The van der Waals surface area contributed by atoms with E-state index >= 15 is 0 Å². The molecule has 21 heavy (non-hydrogen) atoms. The van der Waals surface area contributed by atoms with E-state index in [4.69, 9.17) is 14.7 Å². The summed E-state index contributed by atoms with van der Waals surface area (Å²) >= 11 is 0. The summed E-state index contributed by atoms with van der Waals surface area (Å²) in [6, 6.07) is 13.7. The summed E-state index contributed by atoms with van der Waals surface area (Å²) in [5.74, 6) is 1.70. The van der Waals surface area contributed by atoms with E-state index in [1.807, 2.05) is 0 Å². The van der Waals surface area contributed by atoms with Gasteiger partial charge in [0.05, 0.1) is 18.2 Å². The molecule has 1 N–H and O–H groups in total. The first-order chi connectivity index (χ1) is 10.2. The minimum atomic E-state index is 0.134. The molecule has 0 spiro atoms. The monoisotopic (exact) mass is 283 g/mol. The first-order valence-corrected chi connectivity index (χ1v) is 6.86. The molecule has 0 bridgehead atoms. The van der Waals surface area contributed by atoms with Gasteiger partial charge in [-0.05, 0) is 30.7 Å². The third kappa shape index (κ3) is 4.15. The third-order valence-corrected chi connectivity index (χ3v) is 2.87. The Morgan fingerprint density at radius 3 is 2.71 bits per heavy atom. The van der Waals surface area contributed by atoms with Crippen LogP contribution < -0.4 is 9.47 Å². The minimum Gasteiger partial charge on any atom is -0.508 e. The van der Waals surface area contributed by atoms with Gasteiger partial charge >= 0.3 is 0 Å². The van der Waals surface area contributed by atoms with E-state index in [1.54, 1.807) is 36.4 Å². The Labute approximate surface area is 124 Å². The Morgan fingerprint density at radius 2 is 2.00 bits per heavy atom. The molecule has 0 saturated carbocycles. The summed E-state index contributed by atoms with van der Waals surface area (Å²) in [5.41, 5.74) is 0.518. The molecule has 0 aromatic heterocycles. The predicted molar refractivity (Wildman–Crippen MR) is 79.7 cm³/mol. The maximum absolute atomic E-state index is 9.46. The lowest BCUT2D eigenvalue weighted by Gasteiger charge is -2.12. The SMILES string of the molecule is CCCCOc1cc(C#N)ccc1Oc1cccc(O)c1. The number of rotatable bonds is 6. The van der Waals surface area contributed by atoms with Crippen molar-refractivity contribution in [2.24, 2.45) is 0 Å². The van der Waals surface area contributed by atoms with E-state index in [1.165, 1.54) is 6.07 Å². The van der Waals surface area contributed by atoms with E-state index in [0.29, 0.717) is 29.4 Å². The molecule has 2 rings (SSSR count). The smallest absolute Gasteiger partial charge is 0.169 e. The van der Waals surface area contributed by atoms with Crippen LogP contribution in [0, 0.1) is 11.3 Å². The van der Waals surface area contributed by atoms with Crippen molar-refractivity contribution < 1.29 is 14.6 Å². The second-order valence-corrected chi connectivity index (χ2v) is 4.57. The minimum absolute atomic E-state index is 0.134. The molecule has 2 aromatic carbocycles. The first kappa shape index (κ1) is 14.7. The van der Waals surface area contributed by atoms with Gasteiger partial charge in [0.25, 0.3) is 0 Å². The number of ether oxygens (including phenoxy) is 2. The molecule has 0 atom stereocenters. The van der Waals surface area contributed by atoms with Gasteiger partial charge in [0, 0.05) is 12.1 Å². The maximum atomic E-state index is 9.46. The molecule has 0 fully saturated rings. The Hall–Kier alpha value is -2.67. The van der Waals surface area contributed by atoms with Gasteiger partial charge in [-0.15, -0.1) is 0 Å². The lowest BCUT2D eigenvalue weighted by Crippen LogP contribution is -1.99. The van der Waals surface area contributed by atoms with E-state index in [-0.39, 0.29) is 5.75 Å². The number of hydrogen-bond acceptors (Lipinski definition) is 4. The van der Waals surface area contributed by atoms with Crippen molar-refractivity contribution in [1.29, 1.82) is 5.26 Å². The van der Waals surface area contributed by atoms with Gasteiger partial charge < -0.3 is 14.6 Å². The number of aromatic hydroxyl groups is 1. The molecule has 0 radical (unpaired) electrons. The van der Waals surface area contributed by atoms with Crippen LogP contribution in [0.5, 0.6) is 23.0 Å². The molecule has 2 aromatic rings. The Bertz CT molecular complexity index is 647. The van der Waals surface area contributed by atoms with Gasteiger partial charge in [-0.25, -0.2) is 0 Å². The molecule has 4 heteroatoms. The largest absolute Gasteiger partial charge is 0.508 e. The standard InChI is InChI=1S/C17H17NO3/c1-2-3-9-20-17-10-13(12-18)7-8-16(17)21-15-6-4-5-14(19)11-15/h4-8,10-11,19H,2-3,9H2,1H3. The fourth-order valence-corrected chi connectivity index (χ4v) is 1.78. The van der Waals surface area contributed by atoms with Gasteiger partial charge in [-0.1, -0.05) is 19.4 Å². The lowest BCUT2D eigenvalue weighted by molar-refractivity contribution is 0.295. The number of nitriles is 1. The zero-order valence-electron chi connectivity index (χ0n) is 11.9. The summed E-state index contributed by atoms with van der Waals surface area (Å²) in [6.07, 6.45) is 1.96. The second kappa shape index (κ2) is 7.20. The highest BCUT2D eigenvalue weighted by atomic mass is 16.5. The highest BCUT2D eigenvalue weighted by Gasteiger charge is 2.08. The van der Waals surface area contributed by atoms with Crippen LogP contribution >= 0.6 is 0 Å². The van der Waals surface area contributed by atoms with Crippen molar-refractivity contribution in [1.82, 2.24) is 0 Å². The molecule has 0 aliphatic heterocycles. The van der Waals surface area contributed by atoms with Crippen molar-refractivity contribution in [2.45, 2.75) is 19.8 Å². The summed E-state index contributed by atoms with van der Waals surface area (Å²) in [5, 5.41) is 18.4. The van der Waals surface area contributed by atoms with Crippen molar-refractivity contribution in [3.63, 3.8) is 0 Å². The topological polar surface area (TPSA) is 62.5 Å². The quantitative estimate of drug-likeness (QED) is 0.806. The van der Waals surface area contributed by atoms with Gasteiger partial charge in [0.2, 0.25) is 0 Å². The zero-order valence-corrected chi connectivity index (χ0v) is 11.9. The number of unbranched alkanes of at least 4 members (excludes halogenated alkanes) is 1. The van der Waals surface area contributed by atoms with Crippen molar-refractivity contribution >= 4 is 0 Å². The molecule has 0 heterocycles. The van der Waals surface area contributed by atoms with E-state index in [9.17, 15) is 5.11 Å². The summed E-state index contributed by atoms with van der Waals surface area (Å²) in [6.45, 7) is 2.65. The van der Waals surface area contributed by atoms with Gasteiger partial charge in [0.15, 0.2) is 11.5 Å². The summed E-state index contributed by atoms with van der Waals surface area (Å²) in [4.78, 5) is 0. The van der Waals surface area contributed by atoms with Crippen LogP contribution in [0.1, 0.15) is 25.3 Å². The molecule has 4 nitrogen and oxygen atoms in total. The molecule has 108 valence electrons. The van der Waals surface area contributed by atoms with Crippen molar-refractivity contribution in [2.75, 3.05) is 6.61 Å². The fraction of sp³-hybridized carbons (Fsp3) is 0.235. The second-order valence-electron chi connectivity index (χ2n) is 4.57.